The van der Waals surface area contributed by atoms with E-state index in [9.17, 15) is 14.4 Å². The predicted molar refractivity (Wildman–Crippen MR) is 79.2 cm³/mol. The van der Waals surface area contributed by atoms with Gasteiger partial charge in [-0.2, -0.15) is 0 Å². The lowest BCUT2D eigenvalue weighted by Crippen LogP contribution is -2.40. The van der Waals surface area contributed by atoms with Gasteiger partial charge in [-0.1, -0.05) is 13.3 Å². The van der Waals surface area contributed by atoms with Crippen LogP contribution in [0.15, 0.2) is 9.59 Å². The number of hydrogen-bond acceptors (Lipinski definition) is 4. The van der Waals surface area contributed by atoms with E-state index in [1.807, 2.05) is 0 Å². The highest BCUT2D eigenvalue weighted by Crippen LogP contribution is 2.13. The first-order chi connectivity index (χ1) is 9.43. The molecule has 1 unspecified atom stereocenters. The lowest BCUT2D eigenvalue weighted by Gasteiger charge is -2.19. The van der Waals surface area contributed by atoms with Crippen LogP contribution < -0.4 is 16.6 Å². The topological polar surface area (TPSA) is 73.1 Å². The minimum Gasteiger partial charge on any atom is -0.371 e. The number of aromatic nitrogens is 2. The average Bonchev–Trinajstić information content (AvgIpc) is 2.46. The average molecular weight is 281 g/mol. The molecule has 0 fully saturated rings. The smallest absolute Gasteiger partial charge is 0.332 e. The van der Waals surface area contributed by atoms with Crippen molar-refractivity contribution in [2.45, 2.75) is 33.1 Å². The van der Waals surface area contributed by atoms with Crippen LogP contribution in [0.25, 0.3) is 0 Å². The zero-order valence-corrected chi connectivity index (χ0v) is 12.6. The van der Waals surface area contributed by atoms with E-state index in [-0.39, 0.29) is 11.2 Å². The van der Waals surface area contributed by atoms with Crippen LogP contribution in [0.1, 0.15) is 31.7 Å². The number of nitrogens with one attached hydrogen (secondary N) is 1. The summed E-state index contributed by atoms with van der Waals surface area (Å²) < 4.78 is 2.55. The normalized spacial score (nSPS) is 12.2. The fraction of sp³-hybridized carbons (Fsp3) is 0.643. The molecule has 0 saturated carbocycles. The fourth-order valence-electron chi connectivity index (χ4n) is 2.26. The summed E-state index contributed by atoms with van der Waals surface area (Å²) >= 11 is 0. The summed E-state index contributed by atoms with van der Waals surface area (Å²) in [5, 5.41) is 3.18. The SMILES string of the molecule is CCC(CCC=O)CNc1c(C)c(=O)n(C)c(=O)n1C. The van der Waals surface area contributed by atoms with E-state index in [1.165, 1.54) is 11.6 Å². The third-order valence-corrected chi connectivity index (χ3v) is 3.72. The van der Waals surface area contributed by atoms with E-state index in [1.54, 1.807) is 14.0 Å². The third-order valence-electron chi connectivity index (χ3n) is 3.72. The molecule has 0 aliphatic heterocycles. The Balaban J connectivity index is 2.96. The lowest BCUT2D eigenvalue weighted by atomic mass is 10.0. The quantitative estimate of drug-likeness (QED) is 0.751. The molecule has 0 bridgehead atoms. The van der Waals surface area contributed by atoms with Crippen LogP contribution in [0.2, 0.25) is 0 Å². The molecule has 0 aliphatic carbocycles. The van der Waals surface area contributed by atoms with Gasteiger partial charge in [-0.3, -0.25) is 13.9 Å². The highest BCUT2D eigenvalue weighted by atomic mass is 16.2. The molecule has 20 heavy (non-hydrogen) atoms. The number of aldehydes is 1. The van der Waals surface area contributed by atoms with E-state index in [0.29, 0.717) is 30.3 Å². The first-order valence-electron chi connectivity index (χ1n) is 6.88. The van der Waals surface area contributed by atoms with Crippen molar-refractivity contribution < 1.29 is 4.79 Å². The van der Waals surface area contributed by atoms with Crippen molar-refractivity contribution in [3.05, 3.63) is 26.4 Å². The van der Waals surface area contributed by atoms with Crippen molar-refractivity contribution in [2.75, 3.05) is 11.9 Å². The summed E-state index contributed by atoms with van der Waals surface area (Å²) in [5.41, 5.74) is -0.0968. The zero-order valence-electron chi connectivity index (χ0n) is 12.6. The van der Waals surface area contributed by atoms with Gasteiger partial charge in [0, 0.05) is 27.1 Å². The van der Waals surface area contributed by atoms with Crippen molar-refractivity contribution in [1.29, 1.82) is 0 Å². The highest BCUT2D eigenvalue weighted by Gasteiger charge is 2.13. The first kappa shape index (κ1) is 16.2. The Hall–Kier alpha value is -1.85. The van der Waals surface area contributed by atoms with E-state index in [0.717, 1.165) is 23.7 Å². The predicted octanol–water partition coefficient (Wildman–Crippen LogP) is 0.810. The highest BCUT2D eigenvalue weighted by molar-refractivity contribution is 5.49. The molecule has 1 aromatic rings. The van der Waals surface area contributed by atoms with Crippen LogP contribution in [0.3, 0.4) is 0 Å². The first-order valence-corrected chi connectivity index (χ1v) is 6.88. The van der Waals surface area contributed by atoms with E-state index >= 15 is 0 Å². The molecule has 1 aromatic heterocycles. The van der Waals surface area contributed by atoms with Gasteiger partial charge in [0.25, 0.3) is 5.56 Å². The zero-order chi connectivity index (χ0) is 15.3. The molecule has 0 saturated heterocycles. The minimum atomic E-state index is -0.343. The maximum Gasteiger partial charge on any atom is 0.332 e. The van der Waals surface area contributed by atoms with Gasteiger partial charge in [0.05, 0.1) is 5.56 Å². The van der Waals surface area contributed by atoms with Gasteiger partial charge in [-0.15, -0.1) is 0 Å². The maximum absolute atomic E-state index is 11.9. The molecule has 1 N–H and O–H groups in total. The Morgan fingerprint density at radius 1 is 1.25 bits per heavy atom. The summed E-state index contributed by atoms with van der Waals surface area (Å²) in [5.74, 6) is 0.904. The number of carbonyl (C=O) groups is 1. The van der Waals surface area contributed by atoms with Crippen molar-refractivity contribution in [3.8, 4) is 0 Å². The second kappa shape index (κ2) is 7.07. The Labute approximate surface area is 118 Å². The molecule has 0 spiro atoms. The molecule has 1 atom stereocenters. The van der Waals surface area contributed by atoms with Gasteiger partial charge >= 0.3 is 5.69 Å². The van der Waals surface area contributed by atoms with E-state index in [4.69, 9.17) is 0 Å². The van der Waals surface area contributed by atoms with E-state index in [2.05, 4.69) is 12.2 Å². The molecule has 0 amide bonds. The Morgan fingerprint density at radius 2 is 1.90 bits per heavy atom. The van der Waals surface area contributed by atoms with Gasteiger partial charge in [0.2, 0.25) is 0 Å². The molecule has 6 heteroatoms. The van der Waals surface area contributed by atoms with Gasteiger partial charge in [0.15, 0.2) is 0 Å². The molecule has 6 nitrogen and oxygen atoms in total. The second-order valence-electron chi connectivity index (χ2n) is 5.08. The Kier molecular flexibility index (Phi) is 5.73. The fourth-order valence-corrected chi connectivity index (χ4v) is 2.26. The second-order valence-corrected chi connectivity index (χ2v) is 5.08. The summed E-state index contributed by atoms with van der Waals surface area (Å²) in [7, 11) is 3.11. The molecule has 1 heterocycles. The number of carbonyl (C=O) groups excluding carboxylic acids is 1. The molecule has 0 radical (unpaired) electrons. The lowest BCUT2D eigenvalue weighted by molar-refractivity contribution is -0.108. The van der Waals surface area contributed by atoms with Crippen molar-refractivity contribution in [2.24, 2.45) is 20.0 Å². The molecule has 112 valence electrons. The Morgan fingerprint density at radius 3 is 2.45 bits per heavy atom. The number of rotatable bonds is 7. The van der Waals surface area contributed by atoms with Crippen LogP contribution in [-0.4, -0.2) is 22.0 Å². The van der Waals surface area contributed by atoms with Gasteiger partial charge in [0.1, 0.15) is 12.1 Å². The van der Waals surface area contributed by atoms with Crippen LogP contribution in [0, 0.1) is 12.8 Å². The Bertz CT molecular complexity index is 549. The summed E-state index contributed by atoms with van der Waals surface area (Å²) in [6, 6.07) is 0. The van der Waals surface area contributed by atoms with Crippen molar-refractivity contribution in [3.63, 3.8) is 0 Å². The molecular formula is C14H23N3O3. The molecular weight excluding hydrogens is 258 g/mol. The van der Waals surface area contributed by atoms with Crippen LogP contribution >= 0.6 is 0 Å². The van der Waals surface area contributed by atoms with Gasteiger partial charge in [-0.05, 0) is 19.3 Å². The van der Waals surface area contributed by atoms with Crippen molar-refractivity contribution >= 4 is 12.1 Å². The third kappa shape index (κ3) is 3.37. The summed E-state index contributed by atoms with van der Waals surface area (Å²) in [4.78, 5) is 34.2. The maximum atomic E-state index is 11.9. The summed E-state index contributed by atoms with van der Waals surface area (Å²) in [6.07, 6.45) is 3.21. The van der Waals surface area contributed by atoms with Crippen LogP contribution in [0.4, 0.5) is 5.82 Å². The van der Waals surface area contributed by atoms with E-state index < -0.39 is 0 Å². The van der Waals surface area contributed by atoms with Crippen molar-refractivity contribution in [1.82, 2.24) is 9.13 Å². The monoisotopic (exact) mass is 281 g/mol. The number of anilines is 1. The van der Waals surface area contributed by atoms with Gasteiger partial charge in [-0.25, -0.2) is 4.79 Å². The largest absolute Gasteiger partial charge is 0.371 e. The van der Waals surface area contributed by atoms with Crippen LogP contribution in [0.5, 0.6) is 0 Å². The molecule has 0 aromatic carbocycles. The number of nitrogens with zero attached hydrogens (tertiary/aromatic N) is 2. The standard InChI is InChI=1S/C14H23N3O3/c1-5-11(7-6-8-18)9-15-12-10(2)13(19)17(4)14(20)16(12)3/h8,11,15H,5-7,9H2,1-4H3. The minimum absolute atomic E-state index is 0.281. The van der Waals surface area contributed by atoms with Gasteiger partial charge < -0.3 is 10.1 Å². The van der Waals surface area contributed by atoms with Crippen LogP contribution in [-0.2, 0) is 18.9 Å². The number of hydrogen-bond donors (Lipinski definition) is 1. The molecule has 0 aliphatic rings. The summed E-state index contributed by atoms with van der Waals surface area (Å²) in [6.45, 7) is 4.41. The molecule has 1 rings (SSSR count).